The molecule has 0 bridgehead atoms. The zero-order valence-corrected chi connectivity index (χ0v) is 9.28. The summed E-state index contributed by atoms with van der Waals surface area (Å²) in [6, 6.07) is 2.12. The molecule has 2 rings (SSSR count). The van der Waals surface area contributed by atoms with Crippen molar-refractivity contribution in [2.24, 2.45) is 5.92 Å². The Hall–Kier alpha value is -1.78. The molecule has 1 fully saturated rings. The number of carbonyl (C=O) groups is 1. The molecular formula is C12H14FNO3. The third-order valence-corrected chi connectivity index (χ3v) is 2.81. The van der Waals surface area contributed by atoms with Gasteiger partial charge in [0, 0.05) is 6.07 Å². The second kappa shape index (κ2) is 4.61. The number of anilines is 1. The largest absolute Gasteiger partial charge is 0.491 e. The molecule has 0 heterocycles. The number of nitrogen functional groups attached to an aromatic ring is 1. The van der Waals surface area contributed by atoms with E-state index in [1.54, 1.807) is 0 Å². The van der Waals surface area contributed by atoms with Crippen molar-refractivity contribution in [1.82, 2.24) is 0 Å². The fraction of sp³-hybridized carbons (Fsp3) is 0.417. The van der Waals surface area contributed by atoms with Gasteiger partial charge >= 0.3 is 5.97 Å². The van der Waals surface area contributed by atoms with E-state index in [2.05, 4.69) is 0 Å². The first kappa shape index (κ1) is 11.7. The molecule has 0 aliphatic heterocycles. The summed E-state index contributed by atoms with van der Waals surface area (Å²) < 4.78 is 18.7. The molecule has 0 amide bonds. The normalized spacial score (nSPS) is 14.6. The van der Waals surface area contributed by atoms with Crippen LogP contribution in [0.25, 0.3) is 0 Å². The van der Waals surface area contributed by atoms with Gasteiger partial charge in [-0.3, -0.25) is 0 Å². The van der Waals surface area contributed by atoms with Crippen LogP contribution in [0.2, 0.25) is 0 Å². The first-order chi connectivity index (χ1) is 8.08. The van der Waals surface area contributed by atoms with E-state index in [1.165, 1.54) is 12.8 Å². The average molecular weight is 239 g/mol. The number of halogens is 1. The Kier molecular flexibility index (Phi) is 3.17. The summed E-state index contributed by atoms with van der Waals surface area (Å²) in [5.74, 6) is -1.22. The van der Waals surface area contributed by atoms with Crippen LogP contribution in [0, 0.1) is 11.7 Å². The number of hydrogen-bond acceptors (Lipinski definition) is 3. The van der Waals surface area contributed by atoms with Crippen molar-refractivity contribution in [1.29, 1.82) is 0 Å². The van der Waals surface area contributed by atoms with E-state index in [0.29, 0.717) is 6.61 Å². The van der Waals surface area contributed by atoms with Crippen LogP contribution in [0.1, 0.15) is 29.6 Å². The Morgan fingerprint density at radius 1 is 1.53 bits per heavy atom. The molecule has 3 N–H and O–H groups in total. The van der Waals surface area contributed by atoms with E-state index in [-0.39, 0.29) is 11.4 Å². The van der Waals surface area contributed by atoms with Gasteiger partial charge in [0.25, 0.3) is 0 Å². The maximum atomic E-state index is 13.4. The van der Waals surface area contributed by atoms with E-state index in [4.69, 9.17) is 15.6 Å². The van der Waals surface area contributed by atoms with Gasteiger partial charge in [-0.1, -0.05) is 12.8 Å². The molecule has 0 unspecified atom stereocenters. The Balaban J connectivity index is 2.05. The molecule has 1 aliphatic carbocycles. The van der Waals surface area contributed by atoms with Crippen molar-refractivity contribution in [2.75, 3.05) is 12.3 Å². The lowest BCUT2D eigenvalue weighted by Crippen LogP contribution is -2.06. The van der Waals surface area contributed by atoms with Gasteiger partial charge in [0.05, 0.1) is 17.9 Å². The fourth-order valence-electron chi connectivity index (χ4n) is 1.60. The molecule has 0 aromatic heterocycles. The summed E-state index contributed by atoms with van der Waals surface area (Å²) in [5, 5.41) is 8.70. The van der Waals surface area contributed by atoms with E-state index in [9.17, 15) is 9.18 Å². The lowest BCUT2D eigenvalue weighted by atomic mass is 10.2. The third-order valence-electron chi connectivity index (χ3n) is 2.81. The van der Waals surface area contributed by atoms with Crippen molar-refractivity contribution in [3.8, 4) is 5.75 Å². The molecule has 0 atom stereocenters. The number of hydrogen-bond donors (Lipinski definition) is 2. The van der Waals surface area contributed by atoms with E-state index >= 15 is 0 Å². The predicted molar refractivity (Wildman–Crippen MR) is 60.6 cm³/mol. The molecule has 0 saturated heterocycles. The average Bonchev–Trinajstić information content (AvgIpc) is 3.06. The number of benzene rings is 1. The van der Waals surface area contributed by atoms with Crippen molar-refractivity contribution < 1.29 is 19.0 Å². The maximum Gasteiger partial charge on any atom is 0.338 e. The molecule has 17 heavy (non-hydrogen) atoms. The van der Waals surface area contributed by atoms with Crippen LogP contribution in [0.3, 0.4) is 0 Å². The van der Waals surface area contributed by atoms with Gasteiger partial charge in [0.15, 0.2) is 0 Å². The molecule has 4 nitrogen and oxygen atoms in total. The minimum Gasteiger partial charge on any atom is -0.491 e. The monoisotopic (exact) mass is 239 g/mol. The van der Waals surface area contributed by atoms with Gasteiger partial charge in [-0.05, 0) is 18.4 Å². The molecule has 1 aromatic rings. The van der Waals surface area contributed by atoms with E-state index in [1.807, 2.05) is 0 Å². The van der Waals surface area contributed by atoms with Crippen LogP contribution < -0.4 is 10.5 Å². The van der Waals surface area contributed by atoms with Gasteiger partial charge in [0.1, 0.15) is 11.6 Å². The molecule has 1 aliphatic rings. The summed E-state index contributed by atoms with van der Waals surface area (Å²) in [7, 11) is 0. The molecule has 5 heteroatoms. The van der Waals surface area contributed by atoms with Crippen molar-refractivity contribution in [3.63, 3.8) is 0 Å². The van der Waals surface area contributed by atoms with Crippen molar-refractivity contribution in [3.05, 3.63) is 23.5 Å². The summed E-state index contributed by atoms with van der Waals surface area (Å²) in [5.41, 5.74) is 5.32. The number of ether oxygens (including phenoxy) is 1. The third kappa shape index (κ3) is 2.87. The molecule has 1 aromatic carbocycles. The van der Waals surface area contributed by atoms with Crippen LogP contribution >= 0.6 is 0 Å². The molecule has 0 radical (unpaired) electrons. The maximum absolute atomic E-state index is 13.4. The number of nitrogens with two attached hydrogens (primary N) is 1. The van der Waals surface area contributed by atoms with Crippen molar-refractivity contribution in [2.45, 2.75) is 19.3 Å². The van der Waals surface area contributed by atoms with Crippen LogP contribution in [-0.2, 0) is 0 Å². The highest BCUT2D eigenvalue weighted by Gasteiger charge is 2.21. The predicted octanol–water partition coefficient (Wildman–Crippen LogP) is 2.29. The Bertz CT molecular complexity index is 444. The number of aromatic carboxylic acids is 1. The molecule has 92 valence electrons. The Morgan fingerprint density at radius 2 is 2.24 bits per heavy atom. The van der Waals surface area contributed by atoms with Gasteiger partial charge in [-0.15, -0.1) is 0 Å². The summed E-state index contributed by atoms with van der Waals surface area (Å²) >= 11 is 0. The first-order valence-electron chi connectivity index (χ1n) is 5.53. The molecular weight excluding hydrogens is 225 g/mol. The highest BCUT2D eigenvalue weighted by Crippen LogP contribution is 2.33. The lowest BCUT2D eigenvalue weighted by molar-refractivity contribution is 0.0692. The lowest BCUT2D eigenvalue weighted by Gasteiger charge is -2.09. The van der Waals surface area contributed by atoms with Gasteiger partial charge in [-0.2, -0.15) is 0 Å². The topological polar surface area (TPSA) is 72.6 Å². The fourth-order valence-corrected chi connectivity index (χ4v) is 1.60. The summed E-state index contributed by atoms with van der Waals surface area (Å²) in [4.78, 5) is 10.7. The summed E-state index contributed by atoms with van der Waals surface area (Å²) in [6.07, 6.45) is 3.39. The minimum atomic E-state index is -1.33. The minimum absolute atomic E-state index is 0.152. The highest BCUT2D eigenvalue weighted by molar-refractivity contribution is 5.89. The van der Waals surface area contributed by atoms with Crippen molar-refractivity contribution >= 4 is 11.7 Å². The van der Waals surface area contributed by atoms with Gasteiger partial charge in [0.2, 0.25) is 0 Å². The number of carboxylic acids is 1. The standard InChI is InChI=1S/C12H14FNO3/c13-9-6-11(17-4-3-7-1-2-7)10(14)5-8(9)12(15)16/h5-7H,1-4,14H2,(H,15,16). The SMILES string of the molecule is Nc1cc(C(=O)O)c(F)cc1OCCC1CC1. The zero-order valence-electron chi connectivity index (χ0n) is 9.28. The van der Waals surface area contributed by atoms with Gasteiger partial charge < -0.3 is 15.6 Å². The highest BCUT2D eigenvalue weighted by atomic mass is 19.1. The van der Waals surface area contributed by atoms with Crippen LogP contribution in [0.5, 0.6) is 5.75 Å². The van der Waals surface area contributed by atoms with Crippen LogP contribution in [0.15, 0.2) is 12.1 Å². The van der Waals surface area contributed by atoms with E-state index in [0.717, 1.165) is 24.5 Å². The van der Waals surface area contributed by atoms with Crippen LogP contribution in [-0.4, -0.2) is 17.7 Å². The number of carboxylic acid groups (broad SMARTS) is 1. The first-order valence-corrected chi connectivity index (χ1v) is 5.53. The second-order valence-electron chi connectivity index (χ2n) is 4.26. The van der Waals surface area contributed by atoms with E-state index < -0.39 is 17.3 Å². The molecule has 0 spiro atoms. The zero-order chi connectivity index (χ0) is 12.4. The molecule has 1 saturated carbocycles. The summed E-state index contributed by atoms with van der Waals surface area (Å²) in [6.45, 7) is 0.487. The van der Waals surface area contributed by atoms with Crippen LogP contribution in [0.4, 0.5) is 10.1 Å². The van der Waals surface area contributed by atoms with Gasteiger partial charge in [-0.25, -0.2) is 9.18 Å². The Labute approximate surface area is 98.2 Å². The number of rotatable bonds is 5. The Morgan fingerprint density at radius 3 is 2.82 bits per heavy atom. The second-order valence-corrected chi connectivity index (χ2v) is 4.26. The smallest absolute Gasteiger partial charge is 0.338 e. The quantitative estimate of drug-likeness (QED) is 0.773.